The molecule has 0 bridgehead atoms. The second-order valence-electron chi connectivity index (χ2n) is 6.53. The summed E-state index contributed by atoms with van der Waals surface area (Å²) < 4.78 is 11.0. The summed E-state index contributed by atoms with van der Waals surface area (Å²) in [5.74, 6) is 0.431. The van der Waals surface area contributed by atoms with Crippen LogP contribution in [0.15, 0.2) is 30.3 Å². The molecule has 1 saturated carbocycles. The molecule has 3 rings (SSSR count). The van der Waals surface area contributed by atoms with Crippen molar-refractivity contribution in [3.05, 3.63) is 35.9 Å². The molecule has 2 fully saturated rings. The van der Waals surface area contributed by atoms with Crippen LogP contribution in [0.2, 0.25) is 0 Å². The third-order valence-electron chi connectivity index (χ3n) is 4.46. The van der Waals surface area contributed by atoms with Crippen molar-refractivity contribution in [2.45, 2.75) is 38.0 Å². The van der Waals surface area contributed by atoms with Crippen LogP contribution < -0.4 is 5.32 Å². The molecule has 6 heteroatoms. The minimum Gasteiger partial charge on any atom is -0.444 e. The Morgan fingerprint density at radius 3 is 2.71 bits per heavy atom. The Hall–Kier alpha value is -1.92. The van der Waals surface area contributed by atoms with Crippen LogP contribution in [0, 0.1) is 5.92 Å². The van der Waals surface area contributed by atoms with Crippen LogP contribution in [-0.4, -0.2) is 49.2 Å². The number of likely N-dealkylation sites (N-methyl/N-ethyl adjacent to an activating group) is 1. The van der Waals surface area contributed by atoms with Crippen LogP contribution >= 0.6 is 0 Å². The van der Waals surface area contributed by atoms with Gasteiger partial charge < -0.3 is 14.8 Å². The van der Waals surface area contributed by atoms with E-state index in [9.17, 15) is 9.59 Å². The SMILES string of the molecule is CN(C(=O)OCc1ccccc1)C(=O)[C@@H]1C[C@@H](OCC2CC2)CN1. The Labute approximate surface area is 142 Å². The maximum Gasteiger partial charge on any atom is 0.416 e. The van der Waals surface area contributed by atoms with Gasteiger partial charge in [-0.15, -0.1) is 0 Å². The maximum atomic E-state index is 12.4. The van der Waals surface area contributed by atoms with E-state index in [0.717, 1.165) is 17.1 Å². The van der Waals surface area contributed by atoms with Gasteiger partial charge in [-0.25, -0.2) is 9.69 Å². The maximum absolute atomic E-state index is 12.4. The Kier molecular flexibility index (Phi) is 5.48. The van der Waals surface area contributed by atoms with Crippen molar-refractivity contribution in [2.24, 2.45) is 5.92 Å². The van der Waals surface area contributed by atoms with Crippen molar-refractivity contribution in [2.75, 3.05) is 20.2 Å². The lowest BCUT2D eigenvalue weighted by atomic mass is 10.2. The number of hydrogen-bond acceptors (Lipinski definition) is 5. The molecular formula is C18H24N2O4. The quantitative estimate of drug-likeness (QED) is 0.862. The first kappa shape index (κ1) is 16.9. The molecule has 0 unspecified atom stereocenters. The number of rotatable bonds is 6. The summed E-state index contributed by atoms with van der Waals surface area (Å²) in [6.07, 6.45) is 2.51. The number of nitrogens with one attached hydrogen (secondary N) is 1. The van der Waals surface area contributed by atoms with Crippen molar-refractivity contribution in [1.82, 2.24) is 10.2 Å². The van der Waals surface area contributed by atoms with E-state index >= 15 is 0 Å². The van der Waals surface area contributed by atoms with Crippen molar-refractivity contribution >= 4 is 12.0 Å². The lowest BCUT2D eigenvalue weighted by molar-refractivity contribution is -0.130. The fourth-order valence-corrected chi connectivity index (χ4v) is 2.71. The van der Waals surface area contributed by atoms with Gasteiger partial charge in [0.05, 0.1) is 12.1 Å². The Morgan fingerprint density at radius 2 is 2.00 bits per heavy atom. The summed E-state index contributed by atoms with van der Waals surface area (Å²) in [6, 6.07) is 9.01. The lowest BCUT2D eigenvalue weighted by Crippen LogP contribution is -2.44. The zero-order chi connectivity index (χ0) is 16.9. The number of nitrogens with zero attached hydrogens (tertiary/aromatic N) is 1. The third kappa shape index (κ3) is 4.55. The molecule has 1 heterocycles. The second-order valence-corrected chi connectivity index (χ2v) is 6.53. The molecule has 0 radical (unpaired) electrons. The molecule has 0 spiro atoms. The Balaban J connectivity index is 1.42. The van der Waals surface area contributed by atoms with Crippen molar-refractivity contribution in [3.8, 4) is 0 Å². The first-order chi connectivity index (χ1) is 11.6. The topological polar surface area (TPSA) is 67.9 Å². The molecule has 130 valence electrons. The second kappa shape index (κ2) is 7.77. The summed E-state index contributed by atoms with van der Waals surface area (Å²) in [5, 5.41) is 3.14. The van der Waals surface area contributed by atoms with E-state index in [1.807, 2.05) is 30.3 Å². The first-order valence-electron chi connectivity index (χ1n) is 8.46. The highest BCUT2D eigenvalue weighted by atomic mass is 16.6. The predicted molar refractivity (Wildman–Crippen MR) is 88.3 cm³/mol. The first-order valence-corrected chi connectivity index (χ1v) is 8.46. The number of carbonyl (C=O) groups is 2. The van der Waals surface area contributed by atoms with Crippen LogP contribution in [0.4, 0.5) is 4.79 Å². The summed E-state index contributed by atoms with van der Waals surface area (Å²) in [6.45, 7) is 1.58. The van der Waals surface area contributed by atoms with Gasteiger partial charge in [0, 0.05) is 20.2 Å². The van der Waals surface area contributed by atoms with E-state index in [1.165, 1.54) is 19.9 Å². The number of ether oxygens (including phenoxy) is 2. The fourth-order valence-electron chi connectivity index (χ4n) is 2.71. The monoisotopic (exact) mass is 332 g/mol. The van der Waals surface area contributed by atoms with E-state index in [0.29, 0.717) is 18.9 Å². The summed E-state index contributed by atoms with van der Waals surface area (Å²) in [5.41, 5.74) is 0.888. The largest absolute Gasteiger partial charge is 0.444 e. The molecule has 1 aromatic carbocycles. The molecule has 1 N–H and O–H groups in total. The molecule has 1 aliphatic carbocycles. The van der Waals surface area contributed by atoms with Crippen LogP contribution in [0.3, 0.4) is 0 Å². The van der Waals surface area contributed by atoms with Crippen molar-refractivity contribution in [1.29, 1.82) is 0 Å². The summed E-state index contributed by atoms with van der Waals surface area (Å²) in [7, 11) is 1.45. The Morgan fingerprint density at radius 1 is 1.25 bits per heavy atom. The molecule has 2 amide bonds. The van der Waals surface area contributed by atoms with E-state index < -0.39 is 6.09 Å². The highest BCUT2D eigenvalue weighted by Crippen LogP contribution is 2.29. The smallest absolute Gasteiger partial charge is 0.416 e. The van der Waals surface area contributed by atoms with Gasteiger partial charge in [0.1, 0.15) is 6.61 Å². The summed E-state index contributed by atoms with van der Waals surface area (Å²) in [4.78, 5) is 25.5. The van der Waals surface area contributed by atoms with Crippen LogP contribution in [0.25, 0.3) is 0 Å². The van der Waals surface area contributed by atoms with Gasteiger partial charge in [0.25, 0.3) is 0 Å². The number of amides is 2. The van der Waals surface area contributed by atoms with E-state index in [-0.39, 0.29) is 24.7 Å². The average molecular weight is 332 g/mol. The van der Waals surface area contributed by atoms with Crippen LogP contribution in [0.5, 0.6) is 0 Å². The molecule has 1 saturated heterocycles. The predicted octanol–water partition coefficient (Wildman–Crippen LogP) is 1.94. The summed E-state index contributed by atoms with van der Waals surface area (Å²) >= 11 is 0. The molecule has 6 nitrogen and oxygen atoms in total. The zero-order valence-electron chi connectivity index (χ0n) is 13.9. The van der Waals surface area contributed by atoms with E-state index in [2.05, 4.69) is 5.32 Å². The van der Waals surface area contributed by atoms with Crippen molar-refractivity contribution in [3.63, 3.8) is 0 Å². The number of hydrogen-bond donors (Lipinski definition) is 1. The molecule has 2 aliphatic rings. The molecule has 1 aliphatic heterocycles. The van der Waals surface area contributed by atoms with Crippen LogP contribution in [0.1, 0.15) is 24.8 Å². The number of carbonyl (C=O) groups excluding carboxylic acids is 2. The molecule has 0 aromatic heterocycles. The average Bonchev–Trinajstić information content (AvgIpc) is 3.33. The Bertz CT molecular complexity index is 574. The highest BCUT2D eigenvalue weighted by Gasteiger charge is 2.35. The van der Waals surface area contributed by atoms with E-state index in [1.54, 1.807) is 0 Å². The van der Waals surface area contributed by atoms with Gasteiger partial charge in [-0.2, -0.15) is 0 Å². The van der Waals surface area contributed by atoms with Gasteiger partial charge in [0.15, 0.2) is 0 Å². The minimum atomic E-state index is -0.631. The number of imide groups is 1. The van der Waals surface area contributed by atoms with Gasteiger partial charge in [0.2, 0.25) is 5.91 Å². The van der Waals surface area contributed by atoms with Crippen LogP contribution in [-0.2, 0) is 20.9 Å². The van der Waals surface area contributed by atoms with Gasteiger partial charge in [-0.1, -0.05) is 30.3 Å². The molecular weight excluding hydrogens is 308 g/mol. The number of benzene rings is 1. The van der Waals surface area contributed by atoms with E-state index in [4.69, 9.17) is 9.47 Å². The van der Waals surface area contributed by atoms with Crippen molar-refractivity contribution < 1.29 is 19.1 Å². The molecule has 1 aromatic rings. The zero-order valence-corrected chi connectivity index (χ0v) is 13.9. The standard InChI is InChI=1S/C18H24N2O4/c1-20(18(22)24-12-13-5-3-2-4-6-13)17(21)16-9-15(10-19-16)23-11-14-7-8-14/h2-6,14-16,19H,7-12H2,1H3/t15-,16+/m1/s1. The van der Waals surface area contributed by atoms with Gasteiger partial charge >= 0.3 is 6.09 Å². The fraction of sp³-hybridized carbons (Fsp3) is 0.556. The van der Waals surface area contributed by atoms with Gasteiger partial charge in [-0.3, -0.25) is 4.79 Å². The third-order valence-corrected chi connectivity index (χ3v) is 4.46. The molecule has 2 atom stereocenters. The van der Waals surface area contributed by atoms with Gasteiger partial charge in [-0.05, 0) is 30.7 Å². The normalized spacial score (nSPS) is 23.0. The minimum absolute atomic E-state index is 0.0493. The lowest BCUT2D eigenvalue weighted by Gasteiger charge is -2.19. The molecule has 24 heavy (non-hydrogen) atoms. The highest BCUT2D eigenvalue weighted by molar-refractivity contribution is 5.94.